The number of aryl methyl sites for hydroxylation is 1. The fraction of sp³-hybridized carbons (Fsp3) is 0.647. The van der Waals surface area contributed by atoms with E-state index in [1.54, 1.807) is 0 Å². The van der Waals surface area contributed by atoms with Crippen molar-refractivity contribution in [2.45, 2.75) is 51.2 Å². The van der Waals surface area contributed by atoms with E-state index in [0.29, 0.717) is 0 Å². The van der Waals surface area contributed by atoms with E-state index in [9.17, 15) is 0 Å². The summed E-state index contributed by atoms with van der Waals surface area (Å²) in [6, 6.07) is 8.97. The summed E-state index contributed by atoms with van der Waals surface area (Å²) in [4.78, 5) is 0. The lowest BCUT2D eigenvalue weighted by Gasteiger charge is -2.42. The average molecular weight is 260 g/mol. The van der Waals surface area contributed by atoms with Gasteiger partial charge in [0.2, 0.25) is 0 Å². The average Bonchev–Trinajstić information content (AvgIpc) is 2.45. The van der Waals surface area contributed by atoms with E-state index in [1.165, 1.54) is 30.4 Å². The summed E-state index contributed by atoms with van der Waals surface area (Å²) in [5.74, 6) is 0.574. The molecule has 1 aliphatic carbocycles. The van der Waals surface area contributed by atoms with Crippen LogP contribution in [0.2, 0.25) is 0 Å². The third-order valence-electron chi connectivity index (χ3n) is 4.53. The molecule has 2 heteroatoms. The molecule has 0 atom stereocenters. The molecule has 2 nitrogen and oxygen atoms in total. The van der Waals surface area contributed by atoms with Crippen molar-refractivity contribution in [3.63, 3.8) is 0 Å². The highest BCUT2D eigenvalue weighted by Crippen LogP contribution is 2.38. The van der Waals surface area contributed by atoms with Crippen molar-refractivity contribution in [3.05, 3.63) is 35.4 Å². The molecule has 3 rings (SSSR count). The molecule has 19 heavy (non-hydrogen) atoms. The van der Waals surface area contributed by atoms with Gasteiger partial charge in [-0.15, -0.1) is 0 Å². The van der Waals surface area contributed by atoms with Gasteiger partial charge in [-0.3, -0.25) is 0 Å². The van der Waals surface area contributed by atoms with Gasteiger partial charge >= 0.3 is 0 Å². The lowest BCUT2D eigenvalue weighted by atomic mass is 9.81. The third-order valence-corrected chi connectivity index (χ3v) is 4.53. The first-order valence-corrected chi connectivity index (χ1v) is 7.59. The Kier molecular flexibility index (Phi) is 3.90. The Labute approximate surface area is 116 Å². The van der Waals surface area contributed by atoms with E-state index in [-0.39, 0.29) is 5.79 Å². The largest absolute Gasteiger partial charge is 0.350 e. The molecule has 0 aromatic heterocycles. The summed E-state index contributed by atoms with van der Waals surface area (Å²) in [7, 11) is 0. The van der Waals surface area contributed by atoms with Gasteiger partial charge in [-0.25, -0.2) is 0 Å². The second-order valence-electron chi connectivity index (χ2n) is 6.09. The van der Waals surface area contributed by atoms with Crippen LogP contribution in [0.25, 0.3) is 0 Å². The molecular formula is C17H24O2. The summed E-state index contributed by atoms with van der Waals surface area (Å²) in [6.07, 6.45) is 6.86. The van der Waals surface area contributed by atoms with Gasteiger partial charge < -0.3 is 9.47 Å². The van der Waals surface area contributed by atoms with Crippen molar-refractivity contribution >= 4 is 0 Å². The van der Waals surface area contributed by atoms with Crippen LogP contribution >= 0.6 is 0 Å². The summed E-state index contributed by atoms with van der Waals surface area (Å²) >= 11 is 0. The van der Waals surface area contributed by atoms with Gasteiger partial charge in [-0.2, -0.15) is 0 Å². The first kappa shape index (κ1) is 13.1. The van der Waals surface area contributed by atoms with Crippen LogP contribution in [0.5, 0.6) is 0 Å². The lowest BCUT2D eigenvalue weighted by molar-refractivity contribution is -0.283. The predicted octanol–water partition coefficient (Wildman–Crippen LogP) is 3.86. The van der Waals surface area contributed by atoms with Crippen molar-refractivity contribution in [2.24, 2.45) is 5.92 Å². The molecule has 104 valence electrons. The van der Waals surface area contributed by atoms with Crippen LogP contribution in [0.3, 0.4) is 0 Å². The molecular weight excluding hydrogens is 236 g/mol. The smallest absolute Gasteiger partial charge is 0.168 e. The van der Waals surface area contributed by atoms with Gasteiger partial charge in [-0.1, -0.05) is 29.8 Å². The van der Waals surface area contributed by atoms with Crippen LogP contribution in [0.15, 0.2) is 24.3 Å². The normalized spacial score (nSPS) is 23.6. The summed E-state index contributed by atoms with van der Waals surface area (Å²) in [5.41, 5.74) is 2.81. The molecule has 1 saturated carbocycles. The summed E-state index contributed by atoms with van der Waals surface area (Å²) in [6.45, 7) is 3.90. The zero-order valence-corrected chi connectivity index (χ0v) is 11.9. The topological polar surface area (TPSA) is 18.5 Å². The SMILES string of the molecule is Cc1ccc(CC2CCC3(CC2)OCCCO3)cc1. The minimum Gasteiger partial charge on any atom is -0.350 e. The van der Waals surface area contributed by atoms with Crippen LogP contribution in [0, 0.1) is 12.8 Å². The molecule has 0 N–H and O–H groups in total. The second kappa shape index (κ2) is 5.64. The quantitative estimate of drug-likeness (QED) is 0.804. The Morgan fingerprint density at radius 3 is 2.32 bits per heavy atom. The standard InChI is InChI=1S/C17H24O2/c1-14-3-5-15(6-4-14)13-16-7-9-17(10-8-16)18-11-2-12-19-17/h3-6,16H,2,7-13H2,1H3. The van der Waals surface area contributed by atoms with Crippen molar-refractivity contribution < 1.29 is 9.47 Å². The first-order chi connectivity index (χ1) is 9.26. The minimum absolute atomic E-state index is 0.220. The molecule has 0 unspecified atom stereocenters. The molecule has 1 aromatic rings. The van der Waals surface area contributed by atoms with Crippen molar-refractivity contribution in [2.75, 3.05) is 13.2 Å². The van der Waals surface area contributed by atoms with Crippen LogP contribution in [-0.4, -0.2) is 19.0 Å². The molecule has 2 fully saturated rings. The van der Waals surface area contributed by atoms with Crippen LogP contribution in [0.1, 0.15) is 43.2 Å². The highest BCUT2D eigenvalue weighted by Gasteiger charge is 2.38. The Morgan fingerprint density at radius 1 is 1.05 bits per heavy atom. The highest BCUT2D eigenvalue weighted by molar-refractivity contribution is 5.21. The lowest BCUT2D eigenvalue weighted by Crippen LogP contribution is -2.43. The molecule has 1 saturated heterocycles. The molecule has 1 aromatic carbocycles. The number of benzene rings is 1. The number of hydrogen-bond acceptors (Lipinski definition) is 2. The van der Waals surface area contributed by atoms with E-state index in [4.69, 9.17) is 9.47 Å². The fourth-order valence-corrected chi connectivity index (χ4v) is 3.28. The molecule has 0 radical (unpaired) electrons. The van der Waals surface area contributed by atoms with E-state index >= 15 is 0 Å². The highest BCUT2D eigenvalue weighted by atomic mass is 16.7. The molecule has 1 aliphatic heterocycles. The van der Waals surface area contributed by atoms with Crippen LogP contribution < -0.4 is 0 Å². The van der Waals surface area contributed by atoms with E-state index < -0.39 is 0 Å². The van der Waals surface area contributed by atoms with Gasteiger partial charge in [0.05, 0.1) is 13.2 Å². The molecule has 0 bridgehead atoms. The van der Waals surface area contributed by atoms with Gasteiger partial charge in [0.1, 0.15) is 0 Å². The second-order valence-corrected chi connectivity index (χ2v) is 6.09. The van der Waals surface area contributed by atoms with Crippen LogP contribution in [-0.2, 0) is 15.9 Å². The molecule has 0 amide bonds. The zero-order chi connectivity index (χ0) is 13.1. The van der Waals surface area contributed by atoms with Gasteiger partial charge in [0, 0.05) is 12.8 Å². The minimum atomic E-state index is -0.220. The Bertz CT molecular complexity index is 394. The third kappa shape index (κ3) is 3.18. The van der Waals surface area contributed by atoms with Crippen molar-refractivity contribution in [1.82, 2.24) is 0 Å². The van der Waals surface area contributed by atoms with Gasteiger partial charge in [0.25, 0.3) is 0 Å². The summed E-state index contributed by atoms with van der Waals surface area (Å²) < 4.78 is 11.8. The molecule has 2 aliphatic rings. The Morgan fingerprint density at radius 2 is 1.68 bits per heavy atom. The fourth-order valence-electron chi connectivity index (χ4n) is 3.28. The zero-order valence-electron chi connectivity index (χ0n) is 11.9. The van der Waals surface area contributed by atoms with E-state index in [1.807, 2.05) is 0 Å². The van der Waals surface area contributed by atoms with Gasteiger partial charge in [-0.05, 0) is 44.1 Å². The maximum Gasteiger partial charge on any atom is 0.168 e. The van der Waals surface area contributed by atoms with Crippen molar-refractivity contribution in [1.29, 1.82) is 0 Å². The first-order valence-electron chi connectivity index (χ1n) is 7.59. The van der Waals surface area contributed by atoms with Gasteiger partial charge in [0.15, 0.2) is 5.79 Å². The maximum atomic E-state index is 5.90. The Balaban J connectivity index is 1.54. The number of rotatable bonds is 2. The Hall–Kier alpha value is -0.860. The predicted molar refractivity (Wildman–Crippen MR) is 76.1 cm³/mol. The van der Waals surface area contributed by atoms with Crippen LogP contribution in [0.4, 0.5) is 0 Å². The van der Waals surface area contributed by atoms with Crippen molar-refractivity contribution in [3.8, 4) is 0 Å². The number of hydrogen-bond donors (Lipinski definition) is 0. The van der Waals surface area contributed by atoms with E-state index in [2.05, 4.69) is 31.2 Å². The molecule has 1 spiro atoms. The van der Waals surface area contributed by atoms with E-state index in [0.717, 1.165) is 38.4 Å². The number of ether oxygens (including phenoxy) is 2. The molecule has 1 heterocycles. The summed E-state index contributed by atoms with van der Waals surface area (Å²) in [5, 5.41) is 0. The monoisotopic (exact) mass is 260 g/mol. The maximum absolute atomic E-state index is 5.90.